The first kappa shape index (κ1) is 9.36. The second-order valence-corrected chi connectivity index (χ2v) is 4.15. The Labute approximate surface area is 85.8 Å². The lowest BCUT2D eigenvalue weighted by atomic mass is 10.4. The molecule has 74 valence electrons. The Morgan fingerprint density at radius 1 is 1.43 bits per heavy atom. The molecule has 4 nitrogen and oxygen atoms in total. The summed E-state index contributed by atoms with van der Waals surface area (Å²) in [5.74, 6) is 1.63. The summed E-state index contributed by atoms with van der Waals surface area (Å²) in [5.41, 5.74) is 5.69. The third-order valence-corrected chi connectivity index (χ3v) is 2.92. The topological polar surface area (TPSA) is 64.9 Å². The van der Waals surface area contributed by atoms with Gasteiger partial charge in [-0.2, -0.15) is 0 Å². The number of aromatic nitrogens is 2. The average Bonchev–Trinajstić information content (AvgIpc) is 2.70. The van der Waals surface area contributed by atoms with Crippen molar-refractivity contribution in [2.45, 2.75) is 19.9 Å². The summed E-state index contributed by atoms with van der Waals surface area (Å²) in [7, 11) is 0. The van der Waals surface area contributed by atoms with Crippen molar-refractivity contribution in [2.24, 2.45) is 5.73 Å². The van der Waals surface area contributed by atoms with Gasteiger partial charge < -0.3 is 10.2 Å². The molecular formula is C9H11N3OS. The molecule has 2 rings (SSSR count). The molecule has 2 N–H and O–H groups in total. The zero-order valence-corrected chi connectivity index (χ0v) is 8.84. The summed E-state index contributed by atoms with van der Waals surface area (Å²) < 4.78 is 5.43. The number of furan rings is 1. The van der Waals surface area contributed by atoms with Crippen LogP contribution in [0.5, 0.6) is 0 Å². The van der Waals surface area contributed by atoms with Crippen LogP contribution in [0.4, 0.5) is 0 Å². The van der Waals surface area contributed by atoms with Gasteiger partial charge in [0.25, 0.3) is 0 Å². The number of nitrogens with zero attached hydrogens (tertiary/aromatic N) is 2. The molecule has 0 radical (unpaired) electrons. The number of aryl methyl sites for hydroxylation is 1. The standard InChI is InChI=1S/C9H11N3OS/c1-5-3-4-7(13-5)9-12-11-8(14-9)6(2)10/h3-4,6H,10H2,1-2H3. The summed E-state index contributed by atoms with van der Waals surface area (Å²) in [5, 5.41) is 9.61. The second kappa shape index (κ2) is 3.51. The Bertz CT molecular complexity index is 433. The Kier molecular flexibility index (Phi) is 2.35. The van der Waals surface area contributed by atoms with Crippen molar-refractivity contribution in [3.05, 3.63) is 22.9 Å². The number of hydrogen-bond donors (Lipinski definition) is 1. The lowest BCUT2D eigenvalue weighted by Gasteiger charge is -1.94. The normalized spacial score (nSPS) is 13.1. The van der Waals surface area contributed by atoms with Crippen LogP contribution in [0.2, 0.25) is 0 Å². The molecule has 0 amide bonds. The summed E-state index contributed by atoms with van der Waals surface area (Å²) in [4.78, 5) is 0. The maximum Gasteiger partial charge on any atom is 0.183 e. The molecule has 0 saturated carbocycles. The Morgan fingerprint density at radius 2 is 2.21 bits per heavy atom. The summed E-state index contributed by atoms with van der Waals surface area (Å²) in [6, 6.07) is 3.72. The van der Waals surface area contributed by atoms with E-state index < -0.39 is 0 Å². The van der Waals surface area contributed by atoms with Crippen LogP contribution in [0.15, 0.2) is 16.5 Å². The monoisotopic (exact) mass is 209 g/mol. The number of nitrogens with two attached hydrogens (primary N) is 1. The second-order valence-electron chi connectivity index (χ2n) is 3.14. The first-order chi connectivity index (χ1) is 6.66. The van der Waals surface area contributed by atoms with Gasteiger partial charge in [-0.05, 0) is 26.0 Å². The van der Waals surface area contributed by atoms with Crippen molar-refractivity contribution in [3.8, 4) is 10.8 Å². The van der Waals surface area contributed by atoms with Gasteiger partial charge in [-0.15, -0.1) is 10.2 Å². The maximum absolute atomic E-state index is 5.69. The van der Waals surface area contributed by atoms with E-state index in [2.05, 4.69) is 10.2 Å². The number of rotatable bonds is 2. The van der Waals surface area contributed by atoms with Gasteiger partial charge in [-0.3, -0.25) is 0 Å². The van der Waals surface area contributed by atoms with Gasteiger partial charge in [0.05, 0.1) is 6.04 Å². The minimum atomic E-state index is -0.0719. The largest absolute Gasteiger partial charge is 0.459 e. The predicted octanol–water partition coefficient (Wildman–Crippen LogP) is 2.13. The van der Waals surface area contributed by atoms with E-state index >= 15 is 0 Å². The number of hydrogen-bond acceptors (Lipinski definition) is 5. The minimum absolute atomic E-state index is 0.0719. The van der Waals surface area contributed by atoms with Gasteiger partial charge in [-0.1, -0.05) is 11.3 Å². The zero-order chi connectivity index (χ0) is 10.1. The molecule has 1 unspecified atom stereocenters. The van der Waals surface area contributed by atoms with Crippen LogP contribution in [-0.4, -0.2) is 10.2 Å². The average molecular weight is 209 g/mol. The summed E-state index contributed by atoms with van der Waals surface area (Å²) in [6.07, 6.45) is 0. The highest BCUT2D eigenvalue weighted by molar-refractivity contribution is 7.14. The molecule has 0 aromatic carbocycles. The molecule has 0 bridgehead atoms. The molecule has 2 aromatic heterocycles. The fraction of sp³-hybridized carbons (Fsp3) is 0.333. The molecule has 2 heterocycles. The van der Waals surface area contributed by atoms with Crippen molar-refractivity contribution < 1.29 is 4.42 Å². The summed E-state index contributed by atoms with van der Waals surface area (Å²) >= 11 is 1.47. The van der Waals surface area contributed by atoms with Crippen molar-refractivity contribution >= 4 is 11.3 Å². The quantitative estimate of drug-likeness (QED) is 0.822. The molecule has 0 aliphatic heterocycles. The third kappa shape index (κ3) is 1.69. The van der Waals surface area contributed by atoms with E-state index in [1.54, 1.807) is 0 Å². The van der Waals surface area contributed by atoms with E-state index in [1.807, 2.05) is 26.0 Å². The Balaban J connectivity index is 2.33. The first-order valence-corrected chi connectivity index (χ1v) is 5.14. The van der Waals surface area contributed by atoms with Crippen molar-refractivity contribution in [3.63, 3.8) is 0 Å². The molecule has 0 saturated heterocycles. The Morgan fingerprint density at radius 3 is 2.71 bits per heavy atom. The van der Waals surface area contributed by atoms with E-state index in [1.165, 1.54) is 11.3 Å². The van der Waals surface area contributed by atoms with Crippen LogP contribution in [0.1, 0.15) is 23.7 Å². The van der Waals surface area contributed by atoms with Crippen LogP contribution >= 0.6 is 11.3 Å². The molecular weight excluding hydrogens is 198 g/mol. The Hall–Kier alpha value is -1.20. The van der Waals surface area contributed by atoms with Gasteiger partial charge in [0.15, 0.2) is 10.8 Å². The van der Waals surface area contributed by atoms with Gasteiger partial charge in [0, 0.05) is 0 Å². The lowest BCUT2D eigenvalue weighted by molar-refractivity contribution is 0.547. The van der Waals surface area contributed by atoms with E-state index in [0.29, 0.717) is 0 Å². The van der Waals surface area contributed by atoms with Crippen molar-refractivity contribution in [1.29, 1.82) is 0 Å². The highest BCUT2D eigenvalue weighted by Crippen LogP contribution is 2.27. The van der Waals surface area contributed by atoms with Gasteiger partial charge >= 0.3 is 0 Å². The molecule has 2 aromatic rings. The predicted molar refractivity (Wildman–Crippen MR) is 55.0 cm³/mol. The first-order valence-electron chi connectivity index (χ1n) is 4.32. The minimum Gasteiger partial charge on any atom is -0.459 e. The summed E-state index contributed by atoms with van der Waals surface area (Å²) in [6.45, 7) is 3.79. The van der Waals surface area contributed by atoms with E-state index in [-0.39, 0.29) is 6.04 Å². The van der Waals surface area contributed by atoms with Crippen LogP contribution in [0, 0.1) is 6.92 Å². The molecule has 0 fully saturated rings. The molecule has 14 heavy (non-hydrogen) atoms. The zero-order valence-electron chi connectivity index (χ0n) is 8.02. The SMILES string of the molecule is Cc1ccc(-c2nnc(C(C)N)s2)o1. The third-order valence-electron chi connectivity index (χ3n) is 1.78. The van der Waals surface area contributed by atoms with Gasteiger partial charge in [-0.25, -0.2) is 0 Å². The molecule has 0 spiro atoms. The van der Waals surface area contributed by atoms with E-state index in [4.69, 9.17) is 10.2 Å². The highest BCUT2D eigenvalue weighted by atomic mass is 32.1. The highest BCUT2D eigenvalue weighted by Gasteiger charge is 2.11. The molecule has 5 heteroatoms. The van der Waals surface area contributed by atoms with Crippen molar-refractivity contribution in [2.75, 3.05) is 0 Å². The maximum atomic E-state index is 5.69. The molecule has 1 atom stereocenters. The van der Waals surface area contributed by atoms with E-state index in [9.17, 15) is 0 Å². The van der Waals surface area contributed by atoms with Gasteiger partial charge in [0.1, 0.15) is 10.8 Å². The van der Waals surface area contributed by atoms with Crippen LogP contribution in [-0.2, 0) is 0 Å². The van der Waals surface area contributed by atoms with Crippen LogP contribution < -0.4 is 5.73 Å². The fourth-order valence-corrected chi connectivity index (χ4v) is 1.83. The van der Waals surface area contributed by atoms with Crippen LogP contribution in [0.3, 0.4) is 0 Å². The van der Waals surface area contributed by atoms with Gasteiger partial charge in [0.2, 0.25) is 0 Å². The smallest absolute Gasteiger partial charge is 0.183 e. The lowest BCUT2D eigenvalue weighted by Crippen LogP contribution is -2.03. The van der Waals surface area contributed by atoms with Crippen LogP contribution in [0.25, 0.3) is 10.8 Å². The molecule has 0 aliphatic carbocycles. The molecule has 0 aliphatic rings. The van der Waals surface area contributed by atoms with E-state index in [0.717, 1.165) is 21.5 Å². The van der Waals surface area contributed by atoms with Crippen molar-refractivity contribution in [1.82, 2.24) is 10.2 Å². The fourth-order valence-electron chi connectivity index (χ4n) is 1.07.